The predicted molar refractivity (Wildman–Crippen MR) is 92.3 cm³/mol. The molecular formula is C21H24O3. The molecule has 0 spiro atoms. The van der Waals surface area contributed by atoms with Crippen LogP contribution in [0.15, 0.2) is 24.8 Å². The lowest BCUT2D eigenvalue weighted by Gasteiger charge is -2.47. The van der Waals surface area contributed by atoms with Gasteiger partial charge in [-0.2, -0.15) is 0 Å². The summed E-state index contributed by atoms with van der Waals surface area (Å²) in [5.74, 6) is 1.65. The van der Waals surface area contributed by atoms with E-state index in [0.29, 0.717) is 42.4 Å². The summed E-state index contributed by atoms with van der Waals surface area (Å²) < 4.78 is 0. The van der Waals surface area contributed by atoms with Gasteiger partial charge in [-0.05, 0) is 60.6 Å². The average Bonchev–Trinajstić information content (AvgIpc) is 2.85. The molecule has 0 amide bonds. The van der Waals surface area contributed by atoms with Gasteiger partial charge < -0.3 is 5.11 Å². The number of fused-ring (bicyclic) bond motifs is 5. The van der Waals surface area contributed by atoms with Crippen LogP contribution in [0.25, 0.3) is 0 Å². The van der Waals surface area contributed by atoms with E-state index in [0.717, 1.165) is 30.4 Å². The lowest BCUT2D eigenvalue weighted by Crippen LogP contribution is -2.43. The molecule has 2 saturated carbocycles. The standard InChI is InChI=1S/C21H24O3/c1-3-4-12-9-14-13-7-8-21(2)17(5-6-20(21)24)15(13)10-19(23)16(14)11-18(12)22/h3,9,11,13,15,17,22H,1,4-8,10H2,2H3/t13-,15-,17+,21+/m1/s1. The van der Waals surface area contributed by atoms with Gasteiger partial charge in [-0.3, -0.25) is 9.59 Å². The van der Waals surface area contributed by atoms with Crippen molar-refractivity contribution in [3.8, 4) is 5.75 Å². The number of carbonyl (C=O) groups is 2. The van der Waals surface area contributed by atoms with Gasteiger partial charge in [-0.25, -0.2) is 0 Å². The summed E-state index contributed by atoms with van der Waals surface area (Å²) in [5.41, 5.74) is 2.40. The van der Waals surface area contributed by atoms with Gasteiger partial charge in [-0.1, -0.05) is 19.1 Å². The van der Waals surface area contributed by atoms with E-state index in [-0.39, 0.29) is 22.9 Å². The van der Waals surface area contributed by atoms with Gasteiger partial charge in [0.2, 0.25) is 0 Å². The first-order valence-corrected chi connectivity index (χ1v) is 8.99. The van der Waals surface area contributed by atoms with Crippen LogP contribution in [-0.2, 0) is 11.2 Å². The second-order valence-electron chi connectivity index (χ2n) is 7.98. The molecule has 4 rings (SSSR count). The molecule has 126 valence electrons. The molecule has 1 aromatic carbocycles. The summed E-state index contributed by atoms with van der Waals surface area (Å²) in [6.45, 7) is 5.87. The van der Waals surface area contributed by atoms with Crippen molar-refractivity contribution >= 4 is 11.6 Å². The van der Waals surface area contributed by atoms with Crippen LogP contribution in [0.2, 0.25) is 0 Å². The summed E-state index contributed by atoms with van der Waals surface area (Å²) in [4.78, 5) is 25.1. The van der Waals surface area contributed by atoms with Gasteiger partial charge in [-0.15, -0.1) is 6.58 Å². The van der Waals surface area contributed by atoms with Crippen molar-refractivity contribution in [1.82, 2.24) is 0 Å². The van der Waals surface area contributed by atoms with Crippen LogP contribution in [0, 0.1) is 17.3 Å². The van der Waals surface area contributed by atoms with Crippen LogP contribution >= 0.6 is 0 Å². The van der Waals surface area contributed by atoms with Crippen LogP contribution in [0.3, 0.4) is 0 Å². The Hall–Kier alpha value is -1.90. The van der Waals surface area contributed by atoms with Crippen LogP contribution in [0.5, 0.6) is 5.75 Å². The highest BCUT2D eigenvalue weighted by molar-refractivity contribution is 6.00. The molecular weight excluding hydrogens is 300 g/mol. The van der Waals surface area contributed by atoms with Crippen molar-refractivity contribution in [1.29, 1.82) is 0 Å². The molecule has 0 aromatic heterocycles. The number of Topliss-reactive ketones (excluding diaryl/α,β-unsaturated/α-hetero) is 2. The van der Waals surface area contributed by atoms with Crippen molar-refractivity contribution in [3.05, 3.63) is 41.5 Å². The molecule has 0 radical (unpaired) electrons. The van der Waals surface area contributed by atoms with E-state index in [1.165, 1.54) is 0 Å². The number of phenolic OH excluding ortho intramolecular Hbond substituents is 1. The second kappa shape index (κ2) is 5.30. The third-order valence-electron chi connectivity index (χ3n) is 6.88. The fourth-order valence-corrected chi connectivity index (χ4v) is 5.57. The molecule has 3 nitrogen and oxygen atoms in total. The summed E-state index contributed by atoms with van der Waals surface area (Å²) in [6.07, 6.45) is 6.37. The van der Waals surface area contributed by atoms with Gasteiger partial charge in [0.25, 0.3) is 0 Å². The van der Waals surface area contributed by atoms with Crippen molar-refractivity contribution in [2.75, 3.05) is 0 Å². The molecule has 1 aromatic rings. The van der Waals surface area contributed by atoms with Crippen LogP contribution in [-0.4, -0.2) is 16.7 Å². The highest BCUT2D eigenvalue weighted by Gasteiger charge is 2.55. The largest absolute Gasteiger partial charge is 0.508 e. The molecule has 3 heteroatoms. The fraction of sp³-hybridized carbons (Fsp3) is 0.524. The normalized spacial score (nSPS) is 34.5. The first kappa shape index (κ1) is 15.6. The van der Waals surface area contributed by atoms with Crippen LogP contribution in [0.1, 0.15) is 66.4 Å². The number of phenols is 1. The lowest BCUT2D eigenvalue weighted by atomic mass is 9.55. The molecule has 0 saturated heterocycles. The van der Waals surface area contributed by atoms with E-state index in [2.05, 4.69) is 13.5 Å². The van der Waals surface area contributed by atoms with Gasteiger partial charge >= 0.3 is 0 Å². The number of ketones is 2. The fourth-order valence-electron chi connectivity index (χ4n) is 5.57. The Morgan fingerprint density at radius 2 is 2.12 bits per heavy atom. The molecule has 0 heterocycles. The molecule has 0 unspecified atom stereocenters. The highest BCUT2D eigenvalue weighted by Crippen LogP contribution is 2.59. The van der Waals surface area contributed by atoms with E-state index in [1.807, 2.05) is 6.07 Å². The molecule has 0 bridgehead atoms. The van der Waals surface area contributed by atoms with E-state index >= 15 is 0 Å². The first-order valence-electron chi connectivity index (χ1n) is 8.99. The minimum Gasteiger partial charge on any atom is -0.508 e. The topological polar surface area (TPSA) is 54.4 Å². The van der Waals surface area contributed by atoms with E-state index in [9.17, 15) is 14.7 Å². The Balaban J connectivity index is 1.79. The number of allylic oxidation sites excluding steroid dienone is 1. The minimum atomic E-state index is -0.222. The van der Waals surface area contributed by atoms with Crippen molar-refractivity contribution in [2.45, 2.75) is 51.4 Å². The maximum Gasteiger partial charge on any atom is 0.163 e. The van der Waals surface area contributed by atoms with Gasteiger partial charge in [0.15, 0.2) is 5.78 Å². The smallest absolute Gasteiger partial charge is 0.163 e. The van der Waals surface area contributed by atoms with Gasteiger partial charge in [0.1, 0.15) is 11.5 Å². The van der Waals surface area contributed by atoms with E-state index in [1.54, 1.807) is 12.1 Å². The SMILES string of the molecule is C=CCc1cc2c(cc1O)C(=O)C[C@@H]1[C@@H]2CC[C@]2(C)C(=O)CC[C@@H]12. The minimum absolute atomic E-state index is 0.121. The van der Waals surface area contributed by atoms with Crippen LogP contribution < -0.4 is 0 Å². The number of hydrogen-bond donors (Lipinski definition) is 1. The number of aromatic hydroxyl groups is 1. The monoisotopic (exact) mass is 324 g/mol. The lowest BCUT2D eigenvalue weighted by molar-refractivity contribution is -0.129. The Bertz CT molecular complexity index is 748. The molecule has 3 aliphatic rings. The summed E-state index contributed by atoms with van der Waals surface area (Å²) in [5, 5.41) is 10.2. The zero-order valence-electron chi connectivity index (χ0n) is 14.2. The third-order valence-corrected chi connectivity index (χ3v) is 6.88. The van der Waals surface area contributed by atoms with Gasteiger partial charge in [0, 0.05) is 23.8 Å². The number of benzene rings is 1. The molecule has 3 aliphatic carbocycles. The average molecular weight is 324 g/mol. The quantitative estimate of drug-likeness (QED) is 0.830. The third kappa shape index (κ3) is 2.03. The van der Waals surface area contributed by atoms with E-state index < -0.39 is 0 Å². The zero-order chi connectivity index (χ0) is 17.1. The highest BCUT2D eigenvalue weighted by atomic mass is 16.3. The summed E-state index contributed by atoms with van der Waals surface area (Å²) >= 11 is 0. The molecule has 4 atom stereocenters. The number of rotatable bonds is 2. The van der Waals surface area contributed by atoms with Crippen molar-refractivity contribution in [2.24, 2.45) is 17.3 Å². The first-order chi connectivity index (χ1) is 11.5. The van der Waals surface area contributed by atoms with Crippen LogP contribution in [0.4, 0.5) is 0 Å². The molecule has 2 fully saturated rings. The Morgan fingerprint density at radius 3 is 2.88 bits per heavy atom. The predicted octanol–water partition coefficient (Wildman–Crippen LogP) is 4.19. The van der Waals surface area contributed by atoms with Crippen molar-refractivity contribution < 1.29 is 14.7 Å². The zero-order valence-corrected chi connectivity index (χ0v) is 14.2. The number of carbonyl (C=O) groups excluding carboxylic acids is 2. The Kier molecular flexibility index (Phi) is 3.45. The second-order valence-corrected chi connectivity index (χ2v) is 7.98. The maximum absolute atomic E-state index is 12.7. The molecule has 24 heavy (non-hydrogen) atoms. The van der Waals surface area contributed by atoms with Gasteiger partial charge in [0.05, 0.1) is 0 Å². The van der Waals surface area contributed by atoms with Crippen molar-refractivity contribution in [3.63, 3.8) is 0 Å². The maximum atomic E-state index is 12.7. The Labute approximate surface area is 142 Å². The molecule has 0 aliphatic heterocycles. The number of hydrogen-bond acceptors (Lipinski definition) is 3. The summed E-state index contributed by atoms with van der Waals surface area (Å²) in [7, 11) is 0. The Morgan fingerprint density at radius 1 is 1.33 bits per heavy atom. The molecule has 1 N–H and O–H groups in total. The van der Waals surface area contributed by atoms with E-state index in [4.69, 9.17) is 0 Å². The summed E-state index contributed by atoms with van der Waals surface area (Å²) in [6, 6.07) is 3.67.